The highest BCUT2D eigenvalue weighted by Gasteiger charge is 2.15. The van der Waals surface area contributed by atoms with Crippen LogP contribution in [0.1, 0.15) is 43.7 Å². The SMILES string of the molecule is COc1cc2c(Oc3ccc(CC(=O)N/N=C(/C)c4ccccc4)cc3F)ccnc2cc1OCCCN1CCCCC1. The summed E-state index contributed by atoms with van der Waals surface area (Å²) in [5.41, 5.74) is 5.26. The van der Waals surface area contributed by atoms with Crippen LogP contribution in [0.2, 0.25) is 0 Å². The van der Waals surface area contributed by atoms with Crippen molar-refractivity contribution >= 4 is 22.5 Å². The van der Waals surface area contributed by atoms with Gasteiger partial charge in [-0.05, 0) is 74.7 Å². The number of fused-ring (bicyclic) bond motifs is 1. The Bertz CT molecular complexity index is 1570. The molecule has 1 amide bonds. The third kappa shape index (κ3) is 8.08. The number of rotatable bonds is 12. The summed E-state index contributed by atoms with van der Waals surface area (Å²) in [6.45, 7) is 5.72. The van der Waals surface area contributed by atoms with Gasteiger partial charge in [0.1, 0.15) is 5.75 Å². The first-order chi connectivity index (χ1) is 21.0. The minimum absolute atomic E-state index is 0.0288. The predicted octanol–water partition coefficient (Wildman–Crippen LogP) is 6.51. The smallest absolute Gasteiger partial charge is 0.244 e. The number of carbonyl (C=O) groups excluding carboxylic acids is 1. The third-order valence-electron chi connectivity index (χ3n) is 7.43. The van der Waals surface area contributed by atoms with Gasteiger partial charge in [0.2, 0.25) is 5.91 Å². The van der Waals surface area contributed by atoms with Gasteiger partial charge in [0.25, 0.3) is 0 Å². The Kier molecular flexibility index (Phi) is 10.2. The van der Waals surface area contributed by atoms with Crippen molar-refractivity contribution in [3.05, 3.63) is 89.9 Å². The molecule has 5 rings (SSSR count). The number of aromatic nitrogens is 1. The molecular weight excluding hydrogens is 547 g/mol. The average Bonchev–Trinajstić information content (AvgIpc) is 3.04. The minimum atomic E-state index is -0.583. The van der Waals surface area contributed by atoms with Gasteiger partial charge in [0.15, 0.2) is 23.1 Å². The van der Waals surface area contributed by atoms with Crippen LogP contribution < -0.4 is 19.6 Å². The van der Waals surface area contributed by atoms with E-state index in [4.69, 9.17) is 14.2 Å². The molecule has 8 nitrogen and oxygen atoms in total. The number of carbonyl (C=O) groups is 1. The van der Waals surface area contributed by atoms with E-state index in [0.29, 0.717) is 46.0 Å². The summed E-state index contributed by atoms with van der Waals surface area (Å²) in [7, 11) is 1.58. The lowest BCUT2D eigenvalue weighted by molar-refractivity contribution is -0.120. The largest absolute Gasteiger partial charge is 0.493 e. The number of ether oxygens (including phenoxy) is 3. The van der Waals surface area contributed by atoms with Gasteiger partial charge >= 0.3 is 0 Å². The fourth-order valence-electron chi connectivity index (χ4n) is 5.11. The summed E-state index contributed by atoms with van der Waals surface area (Å²) >= 11 is 0. The second kappa shape index (κ2) is 14.6. The lowest BCUT2D eigenvalue weighted by Crippen LogP contribution is -2.31. The van der Waals surface area contributed by atoms with E-state index >= 15 is 4.39 Å². The molecule has 1 fully saturated rings. The van der Waals surface area contributed by atoms with Crippen LogP contribution in [-0.4, -0.2) is 54.9 Å². The van der Waals surface area contributed by atoms with Gasteiger partial charge in [-0.2, -0.15) is 5.10 Å². The fourth-order valence-corrected chi connectivity index (χ4v) is 5.11. The van der Waals surface area contributed by atoms with E-state index in [9.17, 15) is 4.79 Å². The van der Waals surface area contributed by atoms with Gasteiger partial charge in [0, 0.05) is 24.2 Å². The first kappa shape index (κ1) is 30.0. The molecule has 1 aliphatic rings. The highest BCUT2D eigenvalue weighted by Crippen LogP contribution is 2.37. The molecule has 4 aromatic rings. The Morgan fingerprint density at radius 3 is 2.56 bits per heavy atom. The molecule has 43 heavy (non-hydrogen) atoms. The molecular formula is C34H37FN4O4. The van der Waals surface area contributed by atoms with E-state index in [0.717, 1.165) is 31.6 Å². The number of amides is 1. The summed E-state index contributed by atoms with van der Waals surface area (Å²) in [4.78, 5) is 19.4. The first-order valence-electron chi connectivity index (χ1n) is 14.7. The first-order valence-corrected chi connectivity index (χ1v) is 14.7. The molecule has 1 aromatic heterocycles. The predicted molar refractivity (Wildman–Crippen MR) is 166 cm³/mol. The Hall–Kier alpha value is -4.50. The molecule has 224 valence electrons. The summed E-state index contributed by atoms with van der Waals surface area (Å²) in [6, 6.07) is 19.3. The van der Waals surface area contributed by atoms with E-state index in [1.807, 2.05) is 43.3 Å². The van der Waals surface area contributed by atoms with Crippen LogP contribution in [0, 0.1) is 5.82 Å². The number of piperidine rings is 1. The molecule has 1 aliphatic heterocycles. The van der Waals surface area contributed by atoms with Crippen molar-refractivity contribution in [2.75, 3.05) is 33.4 Å². The molecule has 0 spiro atoms. The lowest BCUT2D eigenvalue weighted by Gasteiger charge is -2.26. The molecule has 0 atom stereocenters. The summed E-state index contributed by atoms with van der Waals surface area (Å²) in [5.74, 6) is 0.687. The summed E-state index contributed by atoms with van der Waals surface area (Å²) < 4.78 is 32.7. The maximum atomic E-state index is 15.1. The Labute approximate surface area is 251 Å². The molecule has 2 heterocycles. The maximum Gasteiger partial charge on any atom is 0.244 e. The second-order valence-electron chi connectivity index (χ2n) is 10.6. The zero-order chi connectivity index (χ0) is 30.0. The van der Waals surface area contributed by atoms with Gasteiger partial charge < -0.3 is 19.1 Å². The van der Waals surface area contributed by atoms with Gasteiger partial charge in [-0.3, -0.25) is 9.78 Å². The average molecular weight is 585 g/mol. The molecule has 3 aromatic carbocycles. The number of hydrazone groups is 1. The quantitative estimate of drug-likeness (QED) is 0.116. The standard InChI is InChI=1S/C34H37FN4O4/c1-24(26-10-5-3-6-11-26)37-38-34(40)21-25-12-13-31(28(35)20-25)43-30-14-15-36-29-23-33(32(41-2)22-27(29)30)42-19-9-18-39-16-7-4-8-17-39/h3,5-6,10-15,20,22-23H,4,7-9,16-19,21H2,1-2H3,(H,38,40)/b37-24-. The number of benzene rings is 3. The van der Waals surface area contributed by atoms with Gasteiger partial charge in [-0.1, -0.05) is 42.8 Å². The van der Waals surface area contributed by atoms with Crippen LogP contribution in [0.15, 0.2) is 78.0 Å². The number of halogens is 1. The monoisotopic (exact) mass is 584 g/mol. The van der Waals surface area contributed by atoms with E-state index in [1.54, 1.807) is 31.5 Å². The summed E-state index contributed by atoms with van der Waals surface area (Å²) in [6.07, 6.45) is 6.37. The van der Waals surface area contributed by atoms with Crippen LogP contribution in [0.3, 0.4) is 0 Å². The van der Waals surface area contributed by atoms with E-state index < -0.39 is 5.82 Å². The number of hydrogen-bond donors (Lipinski definition) is 1. The Balaban J connectivity index is 1.22. The van der Waals surface area contributed by atoms with Crippen molar-refractivity contribution in [3.8, 4) is 23.0 Å². The normalized spacial score (nSPS) is 14.0. The molecule has 0 unspecified atom stereocenters. The van der Waals surface area contributed by atoms with Crippen molar-refractivity contribution in [3.63, 3.8) is 0 Å². The molecule has 0 bridgehead atoms. The molecule has 0 saturated carbocycles. The molecule has 9 heteroatoms. The third-order valence-corrected chi connectivity index (χ3v) is 7.43. The number of likely N-dealkylation sites (tertiary alicyclic amines) is 1. The zero-order valence-electron chi connectivity index (χ0n) is 24.6. The number of pyridine rings is 1. The Morgan fingerprint density at radius 1 is 0.977 bits per heavy atom. The van der Waals surface area contributed by atoms with E-state index in [-0.39, 0.29) is 18.1 Å². The van der Waals surface area contributed by atoms with Gasteiger partial charge in [0.05, 0.1) is 31.4 Å². The van der Waals surface area contributed by atoms with Crippen molar-refractivity contribution in [1.29, 1.82) is 0 Å². The van der Waals surface area contributed by atoms with Crippen molar-refractivity contribution in [2.24, 2.45) is 5.10 Å². The minimum Gasteiger partial charge on any atom is -0.493 e. The number of methoxy groups -OCH3 is 1. The van der Waals surface area contributed by atoms with Crippen LogP contribution in [0.4, 0.5) is 4.39 Å². The lowest BCUT2D eigenvalue weighted by atomic mass is 10.1. The van der Waals surface area contributed by atoms with Gasteiger partial charge in [-0.15, -0.1) is 0 Å². The maximum absolute atomic E-state index is 15.1. The molecule has 1 saturated heterocycles. The van der Waals surface area contributed by atoms with E-state index in [2.05, 4.69) is 20.4 Å². The second-order valence-corrected chi connectivity index (χ2v) is 10.6. The van der Waals surface area contributed by atoms with Crippen molar-refractivity contribution < 1.29 is 23.4 Å². The highest BCUT2D eigenvalue weighted by molar-refractivity contribution is 5.99. The summed E-state index contributed by atoms with van der Waals surface area (Å²) in [5, 5.41) is 4.81. The van der Waals surface area contributed by atoms with Crippen LogP contribution in [-0.2, 0) is 11.2 Å². The molecule has 0 aliphatic carbocycles. The zero-order valence-corrected chi connectivity index (χ0v) is 24.6. The fraction of sp³-hybridized carbons (Fsp3) is 0.324. The molecule has 0 radical (unpaired) electrons. The van der Waals surface area contributed by atoms with Crippen LogP contribution in [0.5, 0.6) is 23.0 Å². The molecule has 1 N–H and O–H groups in total. The van der Waals surface area contributed by atoms with Crippen LogP contribution in [0.25, 0.3) is 10.9 Å². The number of nitrogens with one attached hydrogen (secondary N) is 1. The number of nitrogens with zero attached hydrogens (tertiary/aromatic N) is 3. The number of hydrogen-bond acceptors (Lipinski definition) is 7. The Morgan fingerprint density at radius 2 is 1.79 bits per heavy atom. The van der Waals surface area contributed by atoms with E-state index in [1.165, 1.54) is 31.4 Å². The van der Waals surface area contributed by atoms with Gasteiger partial charge in [-0.25, -0.2) is 9.82 Å². The topological polar surface area (TPSA) is 85.3 Å². The highest BCUT2D eigenvalue weighted by atomic mass is 19.1. The van der Waals surface area contributed by atoms with Crippen molar-refractivity contribution in [1.82, 2.24) is 15.3 Å². The van der Waals surface area contributed by atoms with Crippen molar-refractivity contribution in [2.45, 2.75) is 39.0 Å². The van der Waals surface area contributed by atoms with Crippen LogP contribution >= 0.6 is 0 Å².